The Morgan fingerprint density at radius 2 is 1.77 bits per heavy atom. The summed E-state index contributed by atoms with van der Waals surface area (Å²) in [6, 6.07) is 12.7. The Balaban J connectivity index is 1.18. The molecule has 214 valence electrons. The molecule has 0 radical (unpaired) electrons. The number of likely N-dealkylation sites (tertiary alicyclic amines) is 1. The molecule has 1 aliphatic heterocycles. The minimum absolute atomic E-state index is 0.161. The lowest BCUT2D eigenvalue weighted by Gasteiger charge is -2.64. The fourth-order valence-electron chi connectivity index (χ4n) is 7.65. The largest absolute Gasteiger partial charge is 0.456 e. The number of carbonyl (C=O) groups is 2. The lowest BCUT2D eigenvalue weighted by atomic mass is 9.49. The molecule has 2 aromatic rings. The third kappa shape index (κ3) is 4.92. The second kappa shape index (κ2) is 10.2. The molecule has 2 aromatic carbocycles. The number of nitrogens with zero attached hydrogens (tertiary/aromatic N) is 1. The van der Waals surface area contributed by atoms with Crippen LogP contribution in [-0.2, 0) is 16.6 Å². The maximum Gasteiger partial charge on any atom is 0.417 e. The number of benzene rings is 2. The van der Waals surface area contributed by atoms with Crippen LogP contribution in [0.2, 0.25) is 0 Å². The maximum absolute atomic E-state index is 12.8. The number of hydrogen-bond donors (Lipinski definition) is 2. The van der Waals surface area contributed by atoms with Crippen LogP contribution in [0.15, 0.2) is 42.5 Å². The lowest BCUT2D eigenvalue weighted by Crippen LogP contribution is -2.72. The second-order valence-electron chi connectivity index (χ2n) is 13.4. The third-order valence-electron chi connectivity index (χ3n) is 9.76. The summed E-state index contributed by atoms with van der Waals surface area (Å²) in [4.78, 5) is 27.7. The molecular formula is C33H42N2O5. The van der Waals surface area contributed by atoms with Crippen molar-refractivity contribution in [2.45, 2.75) is 101 Å². The molecule has 1 heterocycles. The molecule has 0 aromatic heterocycles. The first kappa shape index (κ1) is 27.3. The molecule has 3 aliphatic carbocycles. The molecule has 4 aliphatic rings. The average molecular weight is 547 g/mol. The maximum atomic E-state index is 12.8. The van der Waals surface area contributed by atoms with E-state index in [9.17, 15) is 14.7 Å². The minimum atomic E-state index is -0.739. The fourth-order valence-corrected chi connectivity index (χ4v) is 7.65. The van der Waals surface area contributed by atoms with Gasteiger partial charge in [-0.3, -0.25) is 10.2 Å². The number of esters is 1. The Kier molecular flexibility index (Phi) is 6.94. The number of amides is 1. The second-order valence-corrected chi connectivity index (χ2v) is 13.4. The van der Waals surface area contributed by atoms with E-state index in [-0.39, 0.29) is 11.5 Å². The molecule has 7 heteroatoms. The number of aliphatic hydroxyl groups is 1. The molecule has 7 nitrogen and oxygen atoms in total. The highest BCUT2D eigenvalue weighted by atomic mass is 16.6. The number of nitrogens with one attached hydrogen (secondary N) is 1. The van der Waals surface area contributed by atoms with Crippen LogP contribution < -0.4 is 10.1 Å². The van der Waals surface area contributed by atoms with Gasteiger partial charge in [0, 0.05) is 23.7 Å². The van der Waals surface area contributed by atoms with Crippen molar-refractivity contribution in [3.8, 4) is 5.75 Å². The van der Waals surface area contributed by atoms with Gasteiger partial charge in [0.25, 0.3) is 0 Å². The zero-order valence-electron chi connectivity index (χ0n) is 24.0. The summed E-state index contributed by atoms with van der Waals surface area (Å²) in [5.74, 6) is 0.858. The quantitative estimate of drug-likeness (QED) is 0.433. The van der Waals surface area contributed by atoms with Crippen molar-refractivity contribution in [3.63, 3.8) is 0 Å². The predicted octanol–water partition coefficient (Wildman–Crippen LogP) is 6.23. The number of piperidine rings is 1. The summed E-state index contributed by atoms with van der Waals surface area (Å²) < 4.78 is 11.1. The van der Waals surface area contributed by atoms with Crippen molar-refractivity contribution >= 4 is 17.7 Å². The number of ether oxygens (including phenoxy) is 2. The van der Waals surface area contributed by atoms with E-state index in [1.807, 2.05) is 32.9 Å². The normalized spacial score (nSPS) is 28.1. The van der Waals surface area contributed by atoms with Gasteiger partial charge in [-0.05, 0) is 119 Å². The zero-order valence-corrected chi connectivity index (χ0v) is 24.0. The van der Waals surface area contributed by atoms with Crippen LogP contribution in [0.5, 0.6) is 5.75 Å². The van der Waals surface area contributed by atoms with Gasteiger partial charge in [0.15, 0.2) is 0 Å². The standard InChI is InChI=1S/C33H42N2O5/c1-31(2,3)40-29(36)23-9-12-25(13-10-23)34-30(37)39-26-14-11-24-19-28-33(38)16-5-4-15-32(33,27(24)20-26)17-18-35(28)21-22-7-6-8-22/h9-14,20,22,28,38H,4-8,15-19,21H2,1-3H3,(H,34,37)/t28-,32+,33-/m1/s1. The van der Waals surface area contributed by atoms with Gasteiger partial charge in [0.05, 0.1) is 11.2 Å². The van der Waals surface area contributed by atoms with E-state index in [1.54, 1.807) is 24.3 Å². The van der Waals surface area contributed by atoms with Gasteiger partial charge in [-0.1, -0.05) is 25.3 Å². The summed E-state index contributed by atoms with van der Waals surface area (Å²) in [6.07, 6.45) is 9.16. The first-order chi connectivity index (χ1) is 19.1. The van der Waals surface area contributed by atoms with Crippen molar-refractivity contribution in [1.82, 2.24) is 4.90 Å². The number of rotatable bonds is 5. The Morgan fingerprint density at radius 3 is 2.48 bits per heavy atom. The number of hydrogen-bond acceptors (Lipinski definition) is 6. The minimum Gasteiger partial charge on any atom is -0.456 e. The summed E-state index contributed by atoms with van der Waals surface area (Å²) in [5, 5.41) is 15.1. The summed E-state index contributed by atoms with van der Waals surface area (Å²) in [6.45, 7) is 7.60. The van der Waals surface area contributed by atoms with Crippen LogP contribution in [-0.4, -0.2) is 52.4 Å². The highest BCUT2D eigenvalue weighted by Gasteiger charge is 2.63. The number of carbonyl (C=O) groups excluding carboxylic acids is 2. The molecule has 1 saturated heterocycles. The molecule has 6 rings (SSSR count). The SMILES string of the molecule is CC(C)(C)OC(=O)c1ccc(NC(=O)Oc2ccc3c(c2)[C@@]24CCCC[C@@]2(O)[C@@H](C3)N(CC2CCC2)CC4)cc1. The first-order valence-corrected chi connectivity index (χ1v) is 15.0. The Bertz CT molecular complexity index is 1280. The van der Waals surface area contributed by atoms with E-state index >= 15 is 0 Å². The van der Waals surface area contributed by atoms with Crippen LogP contribution in [0.25, 0.3) is 0 Å². The van der Waals surface area contributed by atoms with Crippen molar-refractivity contribution in [2.75, 3.05) is 18.4 Å². The summed E-state index contributed by atoms with van der Waals surface area (Å²) in [5.41, 5.74) is 1.79. The number of fused-ring (bicyclic) bond motifs is 1. The molecule has 2 bridgehead atoms. The molecule has 2 saturated carbocycles. The summed E-state index contributed by atoms with van der Waals surface area (Å²) >= 11 is 0. The van der Waals surface area contributed by atoms with Gasteiger partial charge < -0.3 is 14.6 Å². The Labute approximate surface area is 237 Å². The van der Waals surface area contributed by atoms with Gasteiger partial charge in [0.2, 0.25) is 0 Å². The Morgan fingerprint density at radius 1 is 1.02 bits per heavy atom. The number of anilines is 1. The van der Waals surface area contributed by atoms with Crippen molar-refractivity contribution < 1.29 is 24.2 Å². The molecule has 2 N–H and O–H groups in total. The van der Waals surface area contributed by atoms with E-state index < -0.39 is 23.3 Å². The van der Waals surface area contributed by atoms with Crippen LogP contribution in [0.4, 0.5) is 10.5 Å². The van der Waals surface area contributed by atoms with Crippen molar-refractivity contribution in [1.29, 1.82) is 0 Å². The molecule has 3 fully saturated rings. The van der Waals surface area contributed by atoms with Gasteiger partial charge in [-0.2, -0.15) is 0 Å². The Hall–Kier alpha value is -2.90. The van der Waals surface area contributed by atoms with Crippen molar-refractivity contribution in [2.24, 2.45) is 5.92 Å². The van der Waals surface area contributed by atoms with E-state index in [2.05, 4.69) is 16.3 Å². The molecule has 0 spiro atoms. The van der Waals surface area contributed by atoms with E-state index in [4.69, 9.17) is 9.47 Å². The van der Waals surface area contributed by atoms with Gasteiger partial charge in [-0.25, -0.2) is 9.59 Å². The van der Waals surface area contributed by atoms with Crippen LogP contribution in [0.1, 0.15) is 93.6 Å². The van der Waals surface area contributed by atoms with Gasteiger partial charge in [0.1, 0.15) is 11.4 Å². The van der Waals surface area contributed by atoms with Gasteiger partial charge in [-0.15, -0.1) is 0 Å². The third-order valence-corrected chi connectivity index (χ3v) is 9.76. The van der Waals surface area contributed by atoms with Crippen molar-refractivity contribution in [3.05, 3.63) is 59.2 Å². The predicted molar refractivity (Wildman–Crippen MR) is 154 cm³/mol. The molecule has 40 heavy (non-hydrogen) atoms. The first-order valence-electron chi connectivity index (χ1n) is 15.0. The van der Waals surface area contributed by atoms with Gasteiger partial charge >= 0.3 is 12.1 Å². The summed E-state index contributed by atoms with van der Waals surface area (Å²) in [7, 11) is 0. The molecule has 0 unspecified atom stereocenters. The molecular weight excluding hydrogens is 504 g/mol. The van der Waals surface area contributed by atoms with E-state index in [1.165, 1.54) is 30.4 Å². The molecule has 1 amide bonds. The highest BCUT2D eigenvalue weighted by Crippen LogP contribution is 2.58. The molecule has 3 atom stereocenters. The zero-order chi connectivity index (χ0) is 28.1. The van der Waals surface area contributed by atoms with Crippen LogP contribution >= 0.6 is 0 Å². The fraction of sp³-hybridized carbons (Fsp3) is 0.576. The average Bonchev–Trinajstić information content (AvgIpc) is 2.86. The smallest absolute Gasteiger partial charge is 0.417 e. The van der Waals surface area contributed by atoms with Crippen LogP contribution in [0, 0.1) is 5.92 Å². The lowest BCUT2D eigenvalue weighted by molar-refractivity contribution is -0.169. The van der Waals surface area contributed by atoms with E-state index in [0.29, 0.717) is 17.0 Å². The monoisotopic (exact) mass is 546 g/mol. The highest BCUT2D eigenvalue weighted by molar-refractivity contribution is 5.91. The van der Waals surface area contributed by atoms with E-state index in [0.717, 1.165) is 57.5 Å². The van der Waals surface area contributed by atoms with Crippen LogP contribution in [0.3, 0.4) is 0 Å². The topological polar surface area (TPSA) is 88.1 Å².